The number of carboxylic acid groups (broad SMARTS) is 1. The normalized spacial score (nSPS) is 11.8. The molecule has 0 fully saturated rings. The second-order valence-corrected chi connectivity index (χ2v) is 3.78. The number of alkyl halides is 3. The summed E-state index contributed by atoms with van der Waals surface area (Å²) >= 11 is 0. The lowest BCUT2D eigenvalue weighted by Gasteiger charge is -2.21. The molecule has 1 N–H and O–H groups in total. The maximum absolute atomic E-state index is 12.6. The third-order valence-electron chi connectivity index (χ3n) is 2.08. The van der Waals surface area contributed by atoms with Crippen molar-refractivity contribution in [2.45, 2.75) is 12.7 Å². The Labute approximate surface area is 101 Å². The number of hydrogen-bond acceptors (Lipinski definition) is 2. The SMILES string of the molecule is O=C(O)CN(Cc1ccc(F)cc1)CC(F)(F)F. The molecule has 0 aromatic heterocycles. The van der Waals surface area contributed by atoms with Crippen LogP contribution in [-0.4, -0.2) is 35.2 Å². The van der Waals surface area contributed by atoms with Crippen molar-refractivity contribution in [1.82, 2.24) is 4.90 Å². The van der Waals surface area contributed by atoms with Crippen molar-refractivity contribution >= 4 is 5.97 Å². The van der Waals surface area contributed by atoms with Crippen molar-refractivity contribution in [3.63, 3.8) is 0 Å². The first-order valence-electron chi connectivity index (χ1n) is 5.01. The number of nitrogens with zero attached hydrogens (tertiary/aromatic N) is 1. The molecule has 0 saturated heterocycles. The zero-order valence-corrected chi connectivity index (χ0v) is 9.25. The van der Waals surface area contributed by atoms with E-state index >= 15 is 0 Å². The van der Waals surface area contributed by atoms with Crippen LogP contribution in [-0.2, 0) is 11.3 Å². The van der Waals surface area contributed by atoms with E-state index in [1.54, 1.807) is 0 Å². The molecule has 0 spiro atoms. The molecule has 3 nitrogen and oxygen atoms in total. The Morgan fingerprint density at radius 1 is 1.22 bits per heavy atom. The highest BCUT2D eigenvalue weighted by molar-refractivity contribution is 5.69. The van der Waals surface area contributed by atoms with Crippen LogP contribution in [0.25, 0.3) is 0 Å². The average Bonchev–Trinajstić information content (AvgIpc) is 2.18. The quantitative estimate of drug-likeness (QED) is 0.830. The van der Waals surface area contributed by atoms with Gasteiger partial charge < -0.3 is 5.11 Å². The number of carboxylic acids is 1. The van der Waals surface area contributed by atoms with Crippen LogP contribution in [0, 0.1) is 5.82 Å². The van der Waals surface area contributed by atoms with Crippen LogP contribution in [0.3, 0.4) is 0 Å². The van der Waals surface area contributed by atoms with Gasteiger partial charge in [-0.2, -0.15) is 13.2 Å². The Bertz CT molecular complexity index is 402. The summed E-state index contributed by atoms with van der Waals surface area (Å²) in [5.41, 5.74) is 0.418. The van der Waals surface area contributed by atoms with Gasteiger partial charge in [-0.3, -0.25) is 9.69 Å². The molecule has 1 rings (SSSR count). The lowest BCUT2D eigenvalue weighted by atomic mass is 10.2. The highest BCUT2D eigenvalue weighted by Crippen LogP contribution is 2.18. The Morgan fingerprint density at radius 2 is 1.78 bits per heavy atom. The minimum atomic E-state index is -4.48. The van der Waals surface area contributed by atoms with E-state index in [0.717, 1.165) is 17.0 Å². The van der Waals surface area contributed by atoms with E-state index in [-0.39, 0.29) is 6.54 Å². The molecule has 18 heavy (non-hydrogen) atoms. The van der Waals surface area contributed by atoms with E-state index < -0.39 is 31.1 Å². The van der Waals surface area contributed by atoms with Crippen LogP contribution in [0.4, 0.5) is 17.6 Å². The standard InChI is InChI=1S/C11H11F4NO2/c12-9-3-1-8(2-4-9)5-16(6-10(17)18)7-11(13,14)15/h1-4H,5-7H2,(H,17,18). The van der Waals surface area contributed by atoms with Gasteiger partial charge in [0.2, 0.25) is 0 Å². The predicted molar refractivity (Wildman–Crippen MR) is 55.4 cm³/mol. The summed E-state index contributed by atoms with van der Waals surface area (Å²) in [6.07, 6.45) is -4.48. The molecule has 1 aromatic carbocycles. The van der Waals surface area contributed by atoms with E-state index in [2.05, 4.69) is 0 Å². The summed E-state index contributed by atoms with van der Waals surface area (Å²) in [6, 6.07) is 4.87. The molecule has 0 atom stereocenters. The number of benzene rings is 1. The number of rotatable bonds is 5. The number of halogens is 4. The number of hydrogen-bond donors (Lipinski definition) is 1. The Balaban J connectivity index is 2.71. The van der Waals surface area contributed by atoms with Gasteiger partial charge >= 0.3 is 12.1 Å². The topological polar surface area (TPSA) is 40.5 Å². The summed E-state index contributed by atoms with van der Waals surface area (Å²) in [5.74, 6) is -1.85. The van der Waals surface area contributed by atoms with E-state index in [0.29, 0.717) is 5.56 Å². The monoisotopic (exact) mass is 265 g/mol. The molecule has 0 bridgehead atoms. The Kier molecular flexibility index (Phi) is 4.66. The van der Waals surface area contributed by atoms with E-state index in [1.165, 1.54) is 12.1 Å². The lowest BCUT2D eigenvalue weighted by molar-refractivity contribution is -0.154. The second-order valence-electron chi connectivity index (χ2n) is 3.78. The van der Waals surface area contributed by atoms with Crippen LogP contribution in [0.2, 0.25) is 0 Å². The summed E-state index contributed by atoms with van der Waals surface area (Å²) in [7, 11) is 0. The molecule has 0 aliphatic carbocycles. The minimum absolute atomic E-state index is 0.202. The summed E-state index contributed by atoms with van der Waals surface area (Å²) in [5, 5.41) is 8.53. The number of carbonyl (C=O) groups is 1. The van der Waals surface area contributed by atoms with Gasteiger partial charge in [-0.05, 0) is 17.7 Å². The first-order valence-corrected chi connectivity index (χ1v) is 5.01. The van der Waals surface area contributed by atoms with Gasteiger partial charge in [-0.15, -0.1) is 0 Å². The van der Waals surface area contributed by atoms with Gasteiger partial charge in [0.05, 0.1) is 13.1 Å². The fourth-order valence-electron chi connectivity index (χ4n) is 1.46. The molecule has 1 aromatic rings. The van der Waals surface area contributed by atoms with Gasteiger partial charge in [0.1, 0.15) is 5.82 Å². The van der Waals surface area contributed by atoms with Crippen molar-refractivity contribution in [3.8, 4) is 0 Å². The summed E-state index contributed by atoms with van der Waals surface area (Å²) < 4.78 is 49.3. The van der Waals surface area contributed by atoms with Crippen molar-refractivity contribution in [2.75, 3.05) is 13.1 Å². The summed E-state index contributed by atoms with van der Waals surface area (Å²) in [4.78, 5) is 11.2. The van der Waals surface area contributed by atoms with Gasteiger partial charge in [-0.25, -0.2) is 4.39 Å². The highest BCUT2D eigenvalue weighted by Gasteiger charge is 2.31. The van der Waals surface area contributed by atoms with Crippen LogP contribution in [0.5, 0.6) is 0 Å². The predicted octanol–water partition coefficient (Wildman–Crippen LogP) is 2.27. The van der Waals surface area contributed by atoms with Crippen molar-refractivity contribution in [2.24, 2.45) is 0 Å². The summed E-state index contributed by atoms with van der Waals surface area (Å²) in [6.45, 7) is -2.25. The molecule has 0 unspecified atom stereocenters. The zero-order valence-electron chi connectivity index (χ0n) is 9.25. The molecule has 100 valence electrons. The van der Waals surface area contributed by atoms with Crippen LogP contribution in [0.1, 0.15) is 5.56 Å². The third-order valence-corrected chi connectivity index (χ3v) is 2.08. The fourth-order valence-corrected chi connectivity index (χ4v) is 1.46. The van der Waals surface area contributed by atoms with Gasteiger partial charge in [0.15, 0.2) is 0 Å². The zero-order chi connectivity index (χ0) is 13.8. The molecule has 0 heterocycles. The van der Waals surface area contributed by atoms with E-state index in [4.69, 9.17) is 5.11 Å². The van der Waals surface area contributed by atoms with Gasteiger partial charge in [0, 0.05) is 6.54 Å². The molecular formula is C11H11F4NO2. The Morgan fingerprint density at radius 3 is 2.22 bits per heavy atom. The molecule has 0 saturated carbocycles. The third kappa shape index (κ3) is 5.62. The lowest BCUT2D eigenvalue weighted by Crippen LogP contribution is -2.37. The minimum Gasteiger partial charge on any atom is -0.480 e. The Hall–Kier alpha value is -1.63. The van der Waals surface area contributed by atoms with Gasteiger partial charge in [0.25, 0.3) is 0 Å². The first kappa shape index (κ1) is 14.4. The highest BCUT2D eigenvalue weighted by atomic mass is 19.4. The number of aliphatic carboxylic acids is 1. The van der Waals surface area contributed by atoms with Crippen LogP contribution < -0.4 is 0 Å². The molecular weight excluding hydrogens is 254 g/mol. The maximum Gasteiger partial charge on any atom is 0.401 e. The van der Waals surface area contributed by atoms with Crippen LogP contribution in [0.15, 0.2) is 24.3 Å². The molecule has 0 radical (unpaired) electrons. The van der Waals surface area contributed by atoms with Crippen LogP contribution >= 0.6 is 0 Å². The van der Waals surface area contributed by atoms with Crippen molar-refractivity contribution in [3.05, 3.63) is 35.6 Å². The van der Waals surface area contributed by atoms with Gasteiger partial charge in [-0.1, -0.05) is 12.1 Å². The molecule has 0 aliphatic heterocycles. The fraction of sp³-hybridized carbons (Fsp3) is 0.364. The van der Waals surface area contributed by atoms with E-state index in [1.807, 2.05) is 0 Å². The van der Waals surface area contributed by atoms with Crippen molar-refractivity contribution < 1.29 is 27.5 Å². The molecule has 0 amide bonds. The second kappa shape index (κ2) is 5.81. The maximum atomic E-state index is 12.6. The molecule has 7 heteroatoms. The largest absolute Gasteiger partial charge is 0.480 e. The molecule has 0 aliphatic rings. The van der Waals surface area contributed by atoms with Crippen molar-refractivity contribution in [1.29, 1.82) is 0 Å². The smallest absolute Gasteiger partial charge is 0.401 e. The first-order chi connectivity index (χ1) is 8.26. The van der Waals surface area contributed by atoms with E-state index in [9.17, 15) is 22.4 Å². The average molecular weight is 265 g/mol.